The molecule has 2 heterocycles. The van der Waals surface area contributed by atoms with Gasteiger partial charge in [0, 0.05) is 6.54 Å². The number of nitrogens with zero attached hydrogens (tertiary/aromatic N) is 5. The van der Waals surface area contributed by atoms with Gasteiger partial charge < -0.3 is 5.32 Å². The number of aryl methyl sites for hydroxylation is 2. The average molecular weight is 354 g/mol. The summed E-state index contributed by atoms with van der Waals surface area (Å²) in [6.07, 6.45) is 4.31. The molecule has 1 aliphatic heterocycles. The van der Waals surface area contributed by atoms with Crippen LogP contribution in [-0.4, -0.2) is 37.0 Å². The lowest BCUT2D eigenvalue weighted by Crippen LogP contribution is -2.44. The Labute approximate surface area is 151 Å². The summed E-state index contributed by atoms with van der Waals surface area (Å²) in [6, 6.07) is 7.54. The van der Waals surface area contributed by atoms with Crippen LogP contribution in [0.15, 0.2) is 24.3 Å². The fourth-order valence-corrected chi connectivity index (χ4v) is 3.98. The van der Waals surface area contributed by atoms with E-state index < -0.39 is 5.54 Å². The van der Waals surface area contributed by atoms with Crippen molar-refractivity contribution in [3.63, 3.8) is 0 Å². The van der Waals surface area contributed by atoms with Crippen LogP contribution < -0.4 is 5.32 Å². The lowest BCUT2D eigenvalue weighted by atomic mass is 9.84. The molecule has 1 saturated heterocycles. The minimum atomic E-state index is -0.965. The quantitative estimate of drug-likeness (QED) is 0.845. The lowest BCUT2D eigenvalue weighted by Gasteiger charge is -2.27. The first-order valence-corrected chi connectivity index (χ1v) is 9.13. The van der Waals surface area contributed by atoms with Gasteiger partial charge in [-0.2, -0.15) is 0 Å². The number of benzene rings is 1. The van der Waals surface area contributed by atoms with Crippen LogP contribution in [0.1, 0.15) is 49.6 Å². The van der Waals surface area contributed by atoms with Crippen LogP contribution in [0.4, 0.5) is 4.79 Å². The first kappa shape index (κ1) is 16.7. The van der Waals surface area contributed by atoms with Crippen molar-refractivity contribution in [2.24, 2.45) is 0 Å². The second-order valence-corrected chi connectivity index (χ2v) is 6.91. The fourth-order valence-electron chi connectivity index (χ4n) is 3.98. The van der Waals surface area contributed by atoms with Crippen molar-refractivity contribution in [1.29, 1.82) is 0 Å². The minimum Gasteiger partial charge on any atom is -0.319 e. The highest BCUT2D eigenvalue weighted by molar-refractivity contribution is 6.07. The van der Waals surface area contributed by atoms with E-state index in [0.717, 1.165) is 36.8 Å². The maximum absolute atomic E-state index is 13.4. The van der Waals surface area contributed by atoms with Crippen molar-refractivity contribution in [3.8, 4) is 0 Å². The standard InChI is InChI=1S/C18H22N6O2/c1-2-11-24-15(20-21-22-24)12-23-16(25)18(19-17(23)26)10-6-5-8-13-7-3-4-9-14(13)18/h3-4,7,9H,2,5-6,8,10-12H2,1H3,(H,19,26)/t18-/m1/s1. The largest absolute Gasteiger partial charge is 0.325 e. The zero-order valence-corrected chi connectivity index (χ0v) is 14.8. The maximum Gasteiger partial charge on any atom is 0.325 e. The predicted octanol–water partition coefficient (Wildman–Crippen LogP) is 1.76. The van der Waals surface area contributed by atoms with E-state index in [0.29, 0.717) is 18.8 Å². The van der Waals surface area contributed by atoms with Gasteiger partial charge in [0.25, 0.3) is 5.91 Å². The van der Waals surface area contributed by atoms with Gasteiger partial charge in [-0.1, -0.05) is 31.2 Å². The highest BCUT2D eigenvalue weighted by Crippen LogP contribution is 2.39. The Morgan fingerprint density at radius 2 is 2.08 bits per heavy atom. The van der Waals surface area contributed by atoms with Crippen molar-refractivity contribution in [1.82, 2.24) is 30.4 Å². The molecule has 1 atom stereocenters. The summed E-state index contributed by atoms with van der Waals surface area (Å²) in [5, 5.41) is 14.6. The van der Waals surface area contributed by atoms with Crippen LogP contribution in [0.25, 0.3) is 0 Å². The lowest BCUT2D eigenvalue weighted by molar-refractivity contribution is -0.132. The molecule has 8 heteroatoms. The Balaban J connectivity index is 1.68. The van der Waals surface area contributed by atoms with Gasteiger partial charge in [-0.15, -0.1) is 5.10 Å². The number of fused-ring (bicyclic) bond motifs is 2. The molecule has 1 aromatic heterocycles. The molecule has 3 amide bonds. The molecule has 2 aromatic rings. The number of rotatable bonds is 4. The number of aromatic nitrogens is 4. The molecule has 136 valence electrons. The van der Waals surface area contributed by atoms with E-state index in [2.05, 4.69) is 20.8 Å². The molecule has 2 aliphatic rings. The molecule has 1 aromatic carbocycles. The maximum atomic E-state index is 13.4. The Morgan fingerprint density at radius 1 is 1.23 bits per heavy atom. The number of tetrazole rings is 1. The normalized spacial score (nSPS) is 22.4. The van der Waals surface area contributed by atoms with Crippen molar-refractivity contribution in [3.05, 3.63) is 41.2 Å². The Morgan fingerprint density at radius 3 is 2.92 bits per heavy atom. The summed E-state index contributed by atoms with van der Waals surface area (Å²) in [5.41, 5.74) is 1.09. The Bertz CT molecular complexity index is 848. The highest BCUT2D eigenvalue weighted by atomic mass is 16.2. The van der Waals surface area contributed by atoms with Crippen LogP contribution in [-0.2, 0) is 29.8 Å². The second-order valence-electron chi connectivity index (χ2n) is 6.91. The number of urea groups is 1. The van der Waals surface area contributed by atoms with E-state index in [4.69, 9.17) is 0 Å². The summed E-state index contributed by atoms with van der Waals surface area (Å²) in [4.78, 5) is 27.3. The molecule has 1 spiro atoms. The average Bonchev–Trinajstić information content (AvgIpc) is 3.11. The van der Waals surface area contributed by atoms with Gasteiger partial charge in [0.15, 0.2) is 5.82 Å². The molecule has 26 heavy (non-hydrogen) atoms. The van der Waals surface area contributed by atoms with Crippen molar-refractivity contribution in [2.45, 2.75) is 57.7 Å². The molecule has 4 rings (SSSR count). The van der Waals surface area contributed by atoms with E-state index in [1.807, 2.05) is 31.2 Å². The van der Waals surface area contributed by atoms with E-state index >= 15 is 0 Å². The van der Waals surface area contributed by atoms with Crippen molar-refractivity contribution < 1.29 is 9.59 Å². The summed E-state index contributed by atoms with van der Waals surface area (Å²) in [6.45, 7) is 2.76. The second kappa shape index (κ2) is 6.51. The molecule has 8 nitrogen and oxygen atoms in total. The minimum absolute atomic E-state index is 0.0849. The number of hydrogen-bond acceptors (Lipinski definition) is 5. The van der Waals surface area contributed by atoms with Gasteiger partial charge in [0.05, 0.1) is 6.54 Å². The van der Waals surface area contributed by atoms with Gasteiger partial charge >= 0.3 is 6.03 Å². The van der Waals surface area contributed by atoms with Crippen molar-refractivity contribution in [2.75, 3.05) is 0 Å². The zero-order valence-electron chi connectivity index (χ0n) is 14.8. The van der Waals surface area contributed by atoms with Gasteiger partial charge in [-0.3, -0.25) is 9.69 Å². The number of carbonyl (C=O) groups excluding carboxylic acids is 2. The van der Waals surface area contributed by atoms with Crippen LogP contribution in [0.3, 0.4) is 0 Å². The summed E-state index contributed by atoms with van der Waals surface area (Å²) in [5.74, 6) is 0.317. The first-order chi connectivity index (χ1) is 12.7. The Kier molecular flexibility index (Phi) is 4.18. The molecule has 0 unspecified atom stereocenters. The van der Waals surface area contributed by atoms with Crippen LogP contribution in [0.5, 0.6) is 0 Å². The highest BCUT2D eigenvalue weighted by Gasteiger charge is 2.53. The van der Waals surface area contributed by atoms with Crippen LogP contribution in [0, 0.1) is 0 Å². The third-order valence-electron chi connectivity index (χ3n) is 5.24. The number of nitrogens with one attached hydrogen (secondary N) is 1. The molecule has 1 fully saturated rings. The molecule has 0 radical (unpaired) electrons. The number of amides is 3. The van der Waals surface area contributed by atoms with Crippen LogP contribution in [0.2, 0.25) is 0 Å². The monoisotopic (exact) mass is 354 g/mol. The molecular formula is C18H22N6O2. The van der Waals surface area contributed by atoms with Crippen LogP contribution >= 0.6 is 0 Å². The molecule has 1 aliphatic carbocycles. The molecule has 1 N–H and O–H groups in total. The Hall–Kier alpha value is -2.77. The summed E-state index contributed by atoms with van der Waals surface area (Å²) < 4.78 is 1.65. The fraction of sp³-hybridized carbons (Fsp3) is 0.500. The summed E-state index contributed by atoms with van der Waals surface area (Å²) >= 11 is 0. The van der Waals surface area contributed by atoms with Gasteiger partial charge in [0.1, 0.15) is 5.54 Å². The van der Waals surface area contributed by atoms with E-state index in [1.54, 1.807) is 4.68 Å². The van der Waals surface area contributed by atoms with Gasteiger partial charge in [-0.05, 0) is 53.7 Å². The molecule has 0 bridgehead atoms. The topological polar surface area (TPSA) is 93.0 Å². The smallest absolute Gasteiger partial charge is 0.319 e. The van der Waals surface area contributed by atoms with E-state index in [-0.39, 0.29) is 18.5 Å². The predicted molar refractivity (Wildman–Crippen MR) is 92.9 cm³/mol. The van der Waals surface area contributed by atoms with E-state index in [1.165, 1.54) is 4.90 Å². The number of imide groups is 1. The van der Waals surface area contributed by atoms with Gasteiger partial charge in [0.2, 0.25) is 0 Å². The zero-order chi connectivity index (χ0) is 18.1. The number of carbonyl (C=O) groups is 2. The summed E-state index contributed by atoms with van der Waals surface area (Å²) in [7, 11) is 0. The SMILES string of the molecule is CCCn1nnnc1CN1C(=O)N[C@@]2(CCCCc3ccccc32)C1=O. The molecule has 0 saturated carbocycles. The number of hydrogen-bond donors (Lipinski definition) is 1. The van der Waals surface area contributed by atoms with Gasteiger partial charge in [-0.25, -0.2) is 9.48 Å². The molecular weight excluding hydrogens is 332 g/mol. The third-order valence-corrected chi connectivity index (χ3v) is 5.24. The van der Waals surface area contributed by atoms with Crippen molar-refractivity contribution >= 4 is 11.9 Å². The third kappa shape index (κ3) is 2.56. The first-order valence-electron chi connectivity index (χ1n) is 9.13. The van der Waals surface area contributed by atoms with E-state index in [9.17, 15) is 9.59 Å².